The van der Waals surface area contributed by atoms with Crippen molar-refractivity contribution in [2.24, 2.45) is 5.92 Å². The molecule has 3 heterocycles. The average molecular weight is 346 g/mol. The lowest BCUT2D eigenvalue weighted by Crippen LogP contribution is -2.56. The number of aromatic nitrogens is 2. The van der Waals surface area contributed by atoms with Gasteiger partial charge in [-0.1, -0.05) is 6.42 Å². The molecule has 1 aromatic rings. The Balaban J connectivity index is 1.51. The molecule has 7 heteroatoms. The van der Waals surface area contributed by atoms with Gasteiger partial charge in [0.25, 0.3) is 0 Å². The zero-order valence-corrected chi connectivity index (χ0v) is 14.8. The molecule has 7 nitrogen and oxygen atoms in total. The Bertz CT molecular complexity index is 659. The first kappa shape index (κ1) is 16.6. The highest BCUT2D eigenvalue weighted by atomic mass is 16.5. The summed E-state index contributed by atoms with van der Waals surface area (Å²) in [6, 6.07) is 1.90. The van der Waals surface area contributed by atoms with Crippen LogP contribution in [-0.4, -0.2) is 59.8 Å². The molecule has 0 N–H and O–H groups in total. The van der Waals surface area contributed by atoms with Crippen molar-refractivity contribution in [3.8, 4) is 0 Å². The molecular formula is C18H26N4O3. The van der Waals surface area contributed by atoms with E-state index in [2.05, 4.69) is 5.10 Å². The number of methoxy groups -OCH3 is 1. The predicted octanol–water partition coefficient (Wildman–Crippen LogP) is 1.38. The van der Waals surface area contributed by atoms with Gasteiger partial charge in [0, 0.05) is 32.2 Å². The number of rotatable bonds is 4. The zero-order chi connectivity index (χ0) is 17.4. The van der Waals surface area contributed by atoms with Crippen LogP contribution in [0.15, 0.2) is 12.3 Å². The van der Waals surface area contributed by atoms with E-state index in [1.807, 2.05) is 15.6 Å². The van der Waals surface area contributed by atoms with Crippen molar-refractivity contribution in [3.63, 3.8) is 0 Å². The van der Waals surface area contributed by atoms with Gasteiger partial charge in [-0.2, -0.15) is 5.10 Å². The largest absolute Gasteiger partial charge is 0.383 e. The third kappa shape index (κ3) is 2.74. The van der Waals surface area contributed by atoms with Gasteiger partial charge < -0.3 is 9.64 Å². The summed E-state index contributed by atoms with van der Waals surface area (Å²) in [6.07, 6.45) is 7.07. The number of carbonyl (C=O) groups is 2. The number of fused-ring (bicyclic) bond motifs is 2. The van der Waals surface area contributed by atoms with Gasteiger partial charge in [0.15, 0.2) is 0 Å². The van der Waals surface area contributed by atoms with E-state index >= 15 is 0 Å². The fraction of sp³-hybridized carbons (Fsp3) is 0.722. The van der Waals surface area contributed by atoms with Crippen LogP contribution in [0.4, 0.5) is 5.82 Å². The quantitative estimate of drug-likeness (QED) is 0.826. The molecule has 1 spiro atoms. The van der Waals surface area contributed by atoms with Crippen LogP contribution in [0.2, 0.25) is 0 Å². The Hall–Kier alpha value is -1.89. The maximum atomic E-state index is 12.8. The minimum Gasteiger partial charge on any atom is -0.383 e. The highest BCUT2D eigenvalue weighted by Gasteiger charge is 2.46. The molecule has 0 bridgehead atoms. The molecule has 4 rings (SSSR count). The van der Waals surface area contributed by atoms with E-state index in [4.69, 9.17) is 4.74 Å². The highest BCUT2D eigenvalue weighted by molar-refractivity contribution is 5.94. The van der Waals surface area contributed by atoms with Crippen LogP contribution >= 0.6 is 0 Å². The lowest BCUT2D eigenvalue weighted by atomic mass is 9.80. The second-order valence-electron chi connectivity index (χ2n) is 7.49. The summed E-state index contributed by atoms with van der Waals surface area (Å²) in [5.74, 6) is 1.54. The number of likely N-dealkylation sites (tertiary alicyclic amines) is 1. The third-order valence-corrected chi connectivity index (χ3v) is 6.11. The van der Waals surface area contributed by atoms with Crippen molar-refractivity contribution in [3.05, 3.63) is 12.3 Å². The summed E-state index contributed by atoms with van der Waals surface area (Å²) in [4.78, 5) is 29.0. The summed E-state index contributed by atoms with van der Waals surface area (Å²) >= 11 is 0. The monoisotopic (exact) mass is 346 g/mol. The van der Waals surface area contributed by atoms with Crippen molar-refractivity contribution in [2.45, 2.75) is 44.1 Å². The number of hydrogen-bond donors (Lipinski definition) is 0. The Morgan fingerprint density at radius 3 is 2.76 bits per heavy atom. The van der Waals surface area contributed by atoms with Gasteiger partial charge in [-0.05, 0) is 25.7 Å². The Labute approximate surface area is 147 Å². The molecule has 1 saturated heterocycles. The van der Waals surface area contributed by atoms with Crippen molar-refractivity contribution in [1.82, 2.24) is 14.7 Å². The van der Waals surface area contributed by atoms with Gasteiger partial charge in [0.05, 0.1) is 31.3 Å². The summed E-state index contributed by atoms with van der Waals surface area (Å²) in [5, 5.41) is 4.54. The number of ether oxygens (including phenoxy) is 1. The number of amides is 2. The average Bonchev–Trinajstić information content (AvgIpc) is 3.04. The molecule has 136 valence electrons. The van der Waals surface area contributed by atoms with E-state index in [0.29, 0.717) is 25.5 Å². The van der Waals surface area contributed by atoms with Gasteiger partial charge in [0.2, 0.25) is 11.8 Å². The number of hydrogen-bond acceptors (Lipinski definition) is 4. The molecular weight excluding hydrogens is 320 g/mol. The molecule has 1 saturated carbocycles. The van der Waals surface area contributed by atoms with E-state index in [1.165, 1.54) is 6.42 Å². The lowest BCUT2D eigenvalue weighted by Gasteiger charge is -2.47. The molecule has 0 unspecified atom stereocenters. The van der Waals surface area contributed by atoms with E-state index in [1.54, 1.807) is 18.2 Å². The standard InChI is InChI=1S/C18H26N4O3/c1-25-12-11-21-15-5-8-19-22(15)18(13-16(21)23)6-9-20(10-7-18)17(24)14-3-2-4-14/h5,8,14H,2-4,6-7,9-13H2,1H3. The summed E-state index contributed by atoms with van der Waals surface area (Å²) < 4.78 is 7.16. The van der Waals surface area contributed by atoms with Crippen LogP contribution in [0.1, 0.15) is 38.5 Å². The zero-order valence-electron chi connectivity index (χ0n) is 14.8. The van der Waals surface area contributed by atoms with Gasteiger partial charge in [0.1, 0.15) is 5.82 Å². The van der Waals surface area contributed by atoms with Crippen LogP contribution in [0.5, 0.6) is 0 Å². The number of carbonyl (C=O) groups excluding carboxylic acids is 2. The normalized spacial score (nSPS) is 22.8. The SMILES string of the molecule is COCCN1C(=O)CC2(CCN(C(=O)C3CCC3)CC2)n2nccc21. The van der Waals surface area contributed by atoms with Gasteiger partial charge in [-0.25, -0.2) is 4.68 Å². The fourth-order valence-corrected chi connectivity index (χ4v) is 4.31. The molecule has 2 aliphatic heterocycles. The molecule has 0 atom stereocenters. The maximum Gasteiger partial charge on any atom is 0.230 e. The minimum absolute atomic E-state index is 0.129. The lowest BCUT2D eigenvalue weighted by molar-refractivity contribution is -0.140. The van der Waals surface area contributed by atoms with Crippen LogP contribution in [0.3, 0.4) is 0 Å². The summed E-state index contributed by atoms with van der Waals surface area (Å²) in [7, 11) is 1.64. The van der Waals surface area contributed by atoms with Crippen LogP contribution in [-0.2, 0) is 19.9 Å². The maximum absolute atomic E-state index is 12.8. The summed E-state index contributed by atoms with van der Waals surface area (Å²) in [6.45, 7) is 2.50. The molecule has 2 amide bonds. The Morgan fingerprint density at radius 1 is 1.36 bits per heavy atom. The second-order valence-corrected chi connectivity index (χ2v) is 7.49. The molecule has 2 fully saturated rings. The smallest absolute Gasteiger partial charge is 0.230 e. The van der Waals surface area contributed by atoms with Crippen LogP contribution < -0.4 is 4.90 Å². The first-order valence-corrected chi connectivity index (χ1v) is 9.27. The fourth-order valence-electron chi connectivity index (χ4n) is 4.31. The van der Waals surface area contributed by atoms with Gasteiger partial charge in [-0.3, -0.25) is 14.5 Å². The van der Waals surface area contributed by atoms with Gasteiger partial charge in [-0.15, -0.1) is 0 Å². The predicted molar refractivity (Wildman–Crippen MR) is 92.2 cm³/mol. The molecule has 1 aliphatic carbocycles. The number of nitrogens with zero attached hydrogens (tertiary/aromatic N) is 4. The van der Waals surface area contributed by atoms with Crippen LogP contribution in [0.25, 0.3) is 0 Å². The van der Waals surface area contributed by atoms with Crippen molar-refractivity contribution < 1.29 is 14.3 Å². The molecule has 3 aliphatic rings. The van der Waals surface area contributed by atoms with Crippen molar-refractivity contribution in [2.75, 3.05) is 38.3 Å². The van der Waals surface area contributed by atoms with E-state index in [9.17, 15) is 9.59 Å². The van der Waals surface area contributed by atoms with Gasteiger partial charge >= 0.3 is 0 Å². The molecule has 0 aromatic carbocycles. The van der Waals surface area contributed by atoms with E-state index in [-0.39, 0.29) is 17.4 Å². The first-order chi connectivity index (χ1) is 12.1. The minimum atomic E-state index is -0.282. The highest BCUT2D eigenvalue weighted by Crippen LogP contribution is 2.41. The van der Waals surface area contributed by atoms with E-state index < -0.39 is 0 Å². The van der Waals surface area contributed by atoms with Crippen molar-refractivity contribution in [1.29, 1.82) is 0 Å². The molecule has 25 heavy (non-hydrogen) atoms. The summed E-state index contributed by atoms with van der Waals surface area (Å²) in [5.41, 5.74) is -0.282. The number of anilines is 1. The molecule has 1 aromatic heterocycles. The second kappa shape index (κ2) is 6.44. The number of piperidine rings is 1. The van der Waals surface area contributed by atoms with Crippen molar-refractivity contribution >= 4 is 17.6 Å². The topological polar surface area (TPSA) is 67.7 Å². The Morgan fingerprint density at radius 2 is 2.12 bits per heavy atom. The molecule has 0 radical (unpaired) electrons. The van der Waals surface area contributed by atoms with E-state index in [0.717, 1.165) is 44.6 Å². The third-order valence-electron chi connectivity index (χ3n) is 6.11. The Kier molecular flexibility index (Phi) is 4.27. The first-order valence-electron chi connectivity index (χ1n) is 9.27. The van der Waals surface area contributed by atoms with Crippen LogP contribution in [0, 0.1) is 5.92 Å².